The summed E-state index contributed by atoms with van der Waals surface area (Å²) in [4.78, 5) is 8.16. The molecular weight excluding hydrogens is 253 g/mol. The summed E-state index contributed by atoms with van der Waals surface area (Å²) < 4.78 is 15.8. The highest BCUT2D eigenvalue weighted by molar-refractivity contribution is 5.85. The van der Waals surface area contributed by atoms with E-state index in [1.54, 1.807) is 16.7 Å². The topological polar surface area (TPSA) is 29.7 Å². The molecule has 0 aliphatic heterocycles. The van der Waals surface area contributed by atoms with Crippen LogP contribution in [0.25, 0.3) is 11.2 Å². The van der Waals surface area contributed by atoms with Crippen LogP contribution in [0.5, 0.6) is 0 Å². The van der Waals surface area contributed by atoms with Crippen molar-refractivity contribution >= 4 is 17.9 Å². The van der Waals surface area contributed by atoms with Crippen LogP contribution in [0.4, 0.5) is 4.39 Å². The first-order valence-corrected chi connectivity index (χ1v) is 6.32. The summed E-state index contributed by atoms with van der Waals surface area (Å²) in [6, 6.07) is 1.50. The monoisotopic (exact) mass is 267 g/mol. The lowest BCUT2D eigenvalue weighted by Gasteiger charge is -2.07. The molecular formula is C16H14FN3. The van der Waals surface area contributed by atoms with Gasteiger partial charge in [-0.05, 0) is 25.3 Å². The third-order valence-corrected chi connectivity index (χ3v) is 3.43. The Labute approximate surface area is 116 Å². The lowest BCUT2D eigenvalue weighted by Crippen LogP contribution is -1.94. The predicted molar refractivity (Wildman–Crippen MR) is 79.3 cm³/mol. The van der Waals surface area contributed by atoms with E-state index in [2.05, 4.69) is 23.3 Å². The Morgan fingerprint density at radius 3 is 2.95 bits per heavy atom. The lowest BCUT2D eigenvalue weighted by molar-refractivity contribution is 0.629. The molecule has 2 aromatic rings. The number of hydrogen-bond acceptors (Lipinski definition) is 2. The molecule has 0 spiro atoms. The zero-order chi connectivity index (χ0) is 14.3. The van der Waals surface area contributed by atoms with Gasteiger partial charge in [-0.3, -0.25) is 4.99 Å². The Morgan fingerprint density at radius 2 is 2.25 bits per heavy atom. The molecule has 3 nitrogen and oxygen atoms in total. The van der Waals surface area contributed by atoms with E-state index in [9.17, 15) is 4.39 Å². The summed E-state index contributed by atoms with van der Waals surface area (Å²) >= 11 is 0. The lowest BCUT2D eigenvalue weighted by atomic mass is 10.0. The Kier molecular flexibility index (Phi) is 2.86. The van der Waals surface area contributed by atoms with Crippen LogP contribution >= 0.6 is 0 Å². The van der Waals surface area contributed by atoms with Crippen LogP contribution in [0.15, 0.2) is 53.5 Å². The quantitative estimate of drug-likeness (QED) is 0.779. The molecule has 0 fully saturated rings. The molecule has 0 N–H and O–H groups in total. The van der Waals surface area contributed by atoms with Gasteiger partial charge in [0.1, 0.15) is 0 Å². The van der Waals surface area contributed by atoms with Crippen molar-refractivity contribution in [3.05, 3.63) is 65.5 Å². The van der Waals surface area contributed by atoms with Gasteiger partial charge in [0.25, 0.3) is 0 Å². The van der Waals surface area contributed by atoms with Crippen LogP contribution in [0.3, 0.4) is 0 Å². The minimum atomic E-state index is -0.333. The van der Waals surface area contributed by atoms with Crippen LogP contribution in [0, 0.1) is 12.7 Å². The molecule has 0 radical (unpaired) electrons. The predicted octanol–water partition coefficient (Wildman–Crippen LogP) is 3.71. The maximum Gasteiger partial charge on any atom is 0.173 e. The number of allylic oxidation sites excluding steroid dienone is 4. The van der Waals surface area contributed by atoms with Crippen molar-refractivity contribution in [1.82, 2.24) is 9.38 Å². The SMILES string of the molecule is C=CC1=C(N=C)CC=C1c1cc(F)c2nc(C)cn2c1. The molecule has 100 valence electrons. The number of pyridine rings is 1. The van der Waals surface area contributed by atoms with E-state index in [0.29, 0.717) is 12.1 Å². The van der Waals surface area contributed by atoms with E-state index >= 15 is 0 Å². The summed E-state index contributed by atoms with van der Waals surface area (Å²) in [5.74, 6) is -0.333. The summed E-state index contributed by atoms with van der Waals surface area (Å²) in [5, 5.41) is 0. The third kappa shape index (κ3) is 1.81. The highest BCUT2D eigenvalue weighted by Crippen LogP contribution is 2.35. The summed E-state index contributed by atoms with van der Waals surface area (Å²) in [6.45, 7) is 9.21. The van der Waals surface area contributed by atoms with Gasteiger partial charge < -0.3 is 4.40 Å². The first-order valence-electron chi connectivity index (χ1n) is 6.32. The summed E-state index contributed by atoms with van der Waals surface area (Å²) in [5.41, 5.74) is 4.65. The zero-order valence-corrected chi connectivity index (χ0v) is 11.2. The second kappa shape index (κ2) is 4.56. The zero-order valence-electron chi connectivity index (χ0n) is 11.2. The third-order valence-electron chi connectivity index (χ3n) is 3.43. The smallest absolute Gasteiger partial charge is 0.173 e. The Balaban J connectivity index is 2.18. The fourth-order valence-electron chi connectivity index (χ4n) is 2.55. The fourth-order valence-corrected chi connectivity index (χ4v) is 2.55. The van der Waals surface area contributed by atoms with Gasteiger partial charge in [0.2, 0.25) is 0 Å². The van der Waals surface area contributed by atoms with Crippen molar-refractivity contribution in [2.24, 2.45) is 4.99 Å². The molecule has 3 rings (SSSR count). The van der Waals surface area contributed by atoms with Crippen molar-refractivity contribution in [2.45, 2.75) is 13.3 Å². The normalized spacial score (nSPS) is 14.8. The molecule has 0 amide bonds. The van der Waals surface area contributed by atoms with Crippen LogP contribution < -0.4 is 0 Å². The number of nitrogens with zero attached hydrogens (tertiary/aromatic N) is 3. The van der Waals surface area contributed by atoms with Gasteiger partial charge >= 0.3 is 0 Å². The average Bonchev–Trinajstić information content (AvgIpc) is 3.00. The second-order valence-electron chi connectivity index (χ2n) is 4.73. The largest absolute Gasteiger partial charge is 0.304 e. The number of fused-ring (bicyclic) bond motifs is 1. The van der Waals surface area contributed by atoms with Gasteiger partial charge in [0, 0.05) is 30.0 Å². The van der Waals surface area contributed by atoms with E-state index < -0.39 is 0 Å². The Hall–Kier alpha value is -2.49. The maximum atomic E-state index is 14.1. The van der Waals surface area contributed by atoms with Crippen molar-refractivity contribution in [1.29, 1.82) is 0 Å². The van der Waals surface area contributed by atoms with E-state index in [-0.39, 0.29) is 5.82 Å². The molecule has 0 bridgehead atoms. The minimum absolute atomic E-state index is 0.333. The number of aliphatic imine (C=N–C) groups is 1. The first kappa shape index (κ1) is 12.5. The van der Waals surface area contributed by atoms with Crippen LogP contribution in [-0.4, -0.2) is 16.1 Å². The molecule has 0 unspecified atom stereocenters. The van der Waals surface area contributed by atoms with Crippen molar-refractivity contribution in [3.63, 3.8) is 0 Å². The van der Waals surface area contributed by atoms with Crippen molar-refractivity contribution < 1.29 is 4.39 Å². The van der Waals surface area contributed by atoms with Gasteiger partial charge in [-0.2, -0.15) is 0 Å². The first-order chi connectivity index (χ1) is 9.63. The minimum Gasteiger partial charge on any atom is -0.304 e. The number of halogens is 1. The number of hydrogen-bond donors (Lipinski definition) is 0. The van der Waals surface area contributed by atoms with E-state index in [4.69, 9.17) is 0 Å². The molecule has 0 atom stereocenters. The van der Waals surface area contributed by atoms with Gasteiger partial charge in [0.15, 0.2) is 11.5 Å². The molecule has 2 heterocycles. The Bertz CT molecular complexity index is 793. The number of aryl methyl sites for hydroxylation is 1. The van der Waals surface area contributed by atoms with Crippen LogP contribution in [0.1, 0.15) is 17.7 Å². The highest BCUT2D eigenvalue weighted by atomic mass is 19.1. The molecule has 0 saturated heterocycles. The highest BCUT2D eigenvalue weighted by Gasteiger charge is 2.18. The van der Waals surface area contributed by atoms with Crippen LogP contribution in [0.2, 0.25) is 0 Å². The second-order valence-corrected chi connectivity index (χ2v) is 4.73. The molecule has 1 aliphatic rings. The molecule has 2 aromatic heterocycles. The summed E-state index contributed by atoms with van der Waals surface area (Å²) in [6.07, 6.45) is 8.14. The van der Waals surface area contributed by atoms with E-state index in [0.717, 1.165) is 28.1 Å². The van der Waals surface area contributed by atoms with Crippen LogP contribution in [-0.2, 0) is 0 Å². The fraction of sp³-hybridized carbons (Fsp3) is 0.125. The van der Waals surface area contributed by atoms with E-state index in [1.807, 2.05) is 19.2 Å². The van der Waals surface area contributed by atoms with E-state index in [1.165, 1.54) is 6.07 Å². The van der Waals surface area contributed by atoms with Gasteiger partial charge in [0.05, 0.1) is 11.4 Å². The molecule has 0 aromatic carbocycles. The summed E-state index contributed by atoms with van der Waals surface area (Å²) in [7, 11) is 0. The van der Waals surface area contributed by atoms with Gasteiger partial charge in [-0.15, -0.1) is 0 Å². The number of rotatable bonds is 3. The molecule has 1 aliphatic carbocycles. The molecule has 4 heteroatoms. The van der Waals surface area contributed by atoms with Gasteiger partial charge in [-0.1, -0.05) is 18.7 Å². The van der Waals surface area contributed by atoms with Crippen molar-refractivity contribution in [2.75, 3.05) is 0 Å². The standard InChI is InChI=1S/C16H14FN3/c1-4-12-13(5-6-15(12)18-3)11-7-14(17)16-19-10(2)8-20(16)9-11/h4-5,7-9H,1,3,6H2,2H3. The Morgan fingerprint density at radius 1 is 1.45 bits per heavy atom. The number of imidazole rings is 1. The van der Waals surface area contributed by atoms with Gasteiger partial charge in [-0.25, -0.2) is 9.37 Å². The average molecular weight is 267 g/mol. The maximum absolute atomic E-state index is 14.1. The van der Waals surface area contributed by atoms with Crippen molar-refractivity contribution in [3.8, 4) is 0 Å². The molecule has 0 saturated carbocycles. The molecule has 20 heavy (non-hydrogen) atoms. The number of aromatic nitrogens is 2.